The molecule has 0 bridgehead atoms. The molecule has 0 aliphatic heterocycles. The molecule has 4 nitrogen and oxygen atoms in total. The first kappa shape index (κ1) is 12.1. The van der Waals surface area contributed by atoms with Crippen LogP contribution in [0.2, 0.25) is 0 Å². The number of hydrogen-bond donors (Lipinski definition) is 1. The highest BCUT2D eigenvalue weighted by Gasteiger charge is 2.31. The average Bonchev–Trinajstić information content (AvgIpc) is 2.77. The Bertz CT molecular complexity index is 519. The van der Waals surface area contributed by atoms with Crippen LogP contribution in [0.15, 0.2) is 35.2 Å². The minimum Gasteiger partial charge on any atom is -0.207 e. The van der Waals surface area contributed by atoms with Gasteiger partial charge in [-0.2, -0.15) is 5.26 Å². The summed E-state index contributed by atoms with van der Waals surface area (Å²) in [6, 6.07) is 10.2. The van der Waals surface area contributed by atoms with Gasteiger partial charge in [0.15, 0.2) is 0 Å². The number of rotatable bonds is 3. The summed E-state index contributed by atoms with van der Waals surface area (Å²) < 4.78 is 26.7. The third-order valence-corrected chi connectivity index (χ3v) is 4.55. The summed E-state index contributed by atoms with van der Waals surface area (Å²) in [5.74, 6) is -0.200. The summed E-state index contributed by atoms with van der Waals surface area (Å²) in [6.45, 7) is 0. The molecule has 2 unspecified atom stereocenters. The predicted octanol–water partition coefficient (Wildman–Crippen LogP) is 1.66. The van der Waals surface area contributed by atoms with Crippen LogP contribution in [0.1, 0.15) is 19.3 Å². The Hall–Kier alpha value is -1.38. The van der Waals surface area contributed by atoms with Crippen molar-refractivity contribution in [1.82, 2.24) is 4.72 Å². The highest BCUT2D eigenvalue weighted by atomic mass is 32.2. The van der Waals surface area contributed by atoms with Gasteiger partial charge in [-0.25, -0.2) is 13.1 Å². The Morgan fingerprint density at radius 1 is 1.24 bits per heavy atom. The number of nitrogens with zero attached hydrogens (tertiary/aromatic N) is 1. The fourth-order valence-electron chi connectivity index (χ4n) is 2.12. The maximum absolute atomic E-state index is 12.0. The lowest BCUT2D eigenvalue weighted by Gasteiger charge is -2.15. The second-order valence-electron chi connectivity index (χ2n) is 4.21. The van der Waals surface area contributed by atoms with E-state index in [1.54, 1.807) is 30.3 Å². The molecule has 1 fully saturated rings. The van der Waals surface area contributed by atoms with Crippen LogP contribution >= 0.6 is 0 Å². The molecule has 1 aliphatic carbocycles. The summed E-state index contributed by atoms with van der Waals surface area (Å²) >= 11 is 0. The van der Waals surface area contributed by atoms with Gasteiger partial charge >= 0.3 is 0 Å². The fourth-order valence-corrected chi connectivity index (χ4v) is 3.45. The Labute approximate surface area is 101 Å². The molecular formula is C12H14N2O2S. The van der Waals surface area contributed by atoms with Crippen molar-refractivity contribution < 1.29 is 8.42 Å². The van der Waals surface area contributed by atoms with Gasteiger partial charge in [0.25, 0.3) is 0 Å². The zero-order valence-corrected chi connectivity index (χ0v) is 10.2. The minimum absolute atomic E-state index is 0.200. The monoisotopic (exact) mass is 250 g/mol. The highest BCUT2D eigenvalue weighted by Crippen LogP contribution is 2.26. The molecule has 0 amide bonds. The number of sulfonamides is 1. The first-order chi connectivity index (χ1) is 8.13. The lowest BCUT2D eigenvalue weighted by Crippen LogP contribution is -2.36. The van der Waals surface area contributed by atoms with Crippen LogP contribution < -0.4 is 4.72 Å². The second-order valence-corrected chi connectivity index (χ2v) is 5.92. The first-order valence-corrected chi connectivity index (χ1v) is 7.09. The van der Waals surface area contributed by atoms with Gasteiger partial charge in [0.2, 0.25) is 10.0 Å². The van der Waals surface area contributed by atoms with Crippen LogP contribution in [0.3, 0.4) is 0 Å². The van der Waals surface area contributed by atoms with Crippen molar-refractivity contribution in [3.8, 4) is 6.07 Å². The summed E-state index contributed by atoms with van der Waals surface area (Å²) in [7, 11) is -3.49. The smallest absolute Gasteiger partial charge is 0.207 e. The van der Waals surface area contributed by atoms with Gasteiger partial charge in [0.05, 0.1) is 16.9 Å². The maximum atomic E-state index is 12.0. The molecule has 17 heavy (non-hydrogen) atoms. The molecule has 1 N–H and O–H groups in total. The van der Waals surface area contributed by atoms with Crippen LogP contribution in [-0.2, 0) is 10.0 Å². The molecule has 0 spiro atoms. The van der Waals surface area contributed by atoms with Gasteiger partial charge in [-0.05, 0) is 25.0 Å². The van der Waals surface area contributed by atoms with E-state index >= 15 is 0 Å². The van der Waals surface area contributed by atoms with Crippen molar-refractivity contribution >= 4 is 10.0 Å². The first-order valence-electron chi connectivity index (χ1n) is 5.60. The molecule has 0 saturated heterocycles. The Balaban J connectivity index is 2.16. The largest absolute Gasteiger partial charge is 0.240 e. The van der Waals surface area contributed by atoms with Gasteiger partial charge in [0, 0.05) is 6.04 Å². The van der Waals surface area contributed by atoms with Crippen LogP contribution in [0.25, 0.3) is 0 Å². The summed E-state index contributed by atoms with van der Waals surface area (Å²) in [4.78, 5) is 0.253. The SMILES string of the molecule is N#CC1CCCC1NS(=O)(=O)c1ccccc1. The third kappa shape index (κ3) is 2.65. The number of nitriles is 1. The Morgan fingerprint density at radius 2 is 1.94 bits per heavy atom. The highest BCUT2D eigenvalue weighted by molar-refractivity contribution is 7.89. The topological polar surface area (TPSA) is 70.0 Å². The van der Waals surface area contributed by atoms with E-state index in [4.69, 9.17) is 5.26 Å². The molecule has 1 aliphatic rings. The van der Waals surface area contributed by atoms with Crippen molar-refractivity contribution in [2.45, 2.75) is 30.2 Å². The van der Waals surface area contributed by atoms with Crippen LogP contribution in [0, 0.1) is 17.2 Å². The van der Waals surface area contributed by atoms with Crippen molar-refractivity contribution in [3.05, 3.63) is 30.3 Å². The zero-order valence-electron chi connectivity index (χ0n) is 9.33. The molecule has 5 heteroatoms. The van der Waals surface area contributed by atoms with Crippen molar-refractivity contribution in [2.75, 3.05) is 0 Å². The summed E-state index contributed by atoms with van der Waals surface area (Å²) in [6.07, 6.45) is 2.42. The predicted molar refractivity (Wildman–Crippen MR) is 63.5 cm³/mol. The molecule has 0 radical (unpaired) electrons. The zero-order chi connectivity index (χ0) is 12.3. The number of benzene rings is 1. The maximum Gasteiger partial charge on any atom is 0.240 e. The van der Waals surface area contributed by atoms with Gasteiger partial charge in [-0.15, -0.1) is 0 Å². The van der Waals surface area contributed by atoms with E-state index in [2.05, 4.69) is 10.8 Å². The van der Waals surface area contributed by atoms with Crippen molar-refractivity contribution in [2.24, 2.45) is 5.92 Å². The lowest BCUT2D eigenvalue weighted by molar-refractivity contribution is 0.515. The molecule has 90 valence electrons. The van der Waals surface area contributed by atoms with Gasteiger partial charge in [0.1, 0.15) is 0 Å². The normalized spacial score (nSPS) is 24.4. The van der Waals surface area contributed by atoms with Gasteiger partial charge < -0.3 is 0 Å². The minimum atomic E-state index is -3.49. The van der Waals surface area contributed by atoms with Gasteiger partial charge in [-0.1, -0.05) is 24.6 Å². The quantitative estimate of drug-likeness (QED) is 0.886. The molecule has 1 aromatic rings. The van der Waals surface area contributed by atoms with E-state index in [9.17, 15) is 8.42 Å². The molecule has 0 heterocycles. The second kappa shape index (κ2) is 4.86. The van der Waals surface area contributed by atoms with Gasteiger partial charge in [-0.3, -0.25) is 0 Å². The van der Waals surface area contributed by atoms with Crippen molar-refractivity contribution in [1.29, 1.82) is 5.26 Å². The molecule has 0 aromatic heterocycles. The average molecular weight is 250 g/mol. The lowest BCUT2D eigenvalue weighted by atomic mass is 10.1. The van der Waals surface area contributed by atoms with Crippen LogP contribution in [-0.4, -0.2) is 14.5 Å². The Morgan fingerprint density at radius 3 is 2.59 bits per heavy atom. The van der Waals surface area contributed by atoms with Crippen LogP contribution in [0.4, 0.5) is 0 Å². The van der Waals surface area contributed by atoms with E-state index in [1.165, 1.54) is 0 Å². The molecule has 1 saturated carbocycles. The summed E-state index contributed by atoms with van der Waals surface area (Å²) in [5, 5.41) is 8.92. The van der Waals surface area contributed by atoms with Crippen molar-refractivity contribution in [3.63, 3.8) is 0 Å². The molecule has 1 aromatic carbocycles. The molecule has 2 rings (SSSR count). The van der Waals surface area contributed by atoms with E-state index in [0.717, 1.165) is 19.3 Å². The molecule has 2 atom stereocenters. The van der Waals surface area contributed by atoms with E-state index in [1.807, 2.05) is 0 Å². The fraction of sp³-hybridized carbons (Fsp3) is 0.417. The number of hydrogen-bond acceptors (Lipinski definition) is 3. The molecular weight excluding hydrogens is 236 g/mol. The third-order valence-electron chi connectivity index (χ3n) is 3.04. The standard InChI is InChI=1S/C12H14N2O2S/c13-9-10-5-4-8-12(10)14-17(15,16)11-6-2-1-3-7-11/h1-3,6-7,10,12,14H,4-5,8H2. The van der Waals surface area contributed by atoms with E-state index in [-0.39, 0.29) is 16.9 Å². The van der Waals surface area contributed by atoms with E-state index < -0.39 is 10.0 Å². The Kier molecular flexibility index (Phi) is 3.46. The summed E-state index contributed by atoms with van der Waals surface area (Å²) in [5.41, 5.74) is 0. The van der Waals surface area contributed by atoms with Crippen LogP contribution in [0.5, 0.6) is 0 Å². The number of nitrogens with one attached hydrogen (secondary N) is 1. The van der Waals surface area contributed by atoms with E-state index in [0.29, 0.717) is 0 Å².